The maximum Gasteiger partial charge on any atom is 0.224 e. The van der Waals surface area contributed by atoms with Gasteiger partial charge >= 0.3 is 0 Å². The van der Waals surface area contributed by atoms with Gasteiger partial charge in [-0.1, -0.05) is 12.1 Å². The Kier molecular flexibility index (Phi) is 3.02. The van der Waals surface area contributed by atoms with Crippen LogP contribution in [0.2, 0.25) is 0 Å². The number of nitrogens with one attached hydrogen (secondary N) is 2. The van der Waals surface area contributed by atoms with Crippen molar-refractivity contribution in [1.82, 2.24) is 20.4 Å². The van der Waals surface area contributed by atoms with Crippen LogP contribution in [-0.2, 0) is 23.8 Å². The SMILES string of the molecule is Cn1nc(C(C)(C)NC(=O)C2[C@H]3CNC[C@@H]23)c2ccc3c(c21)OCC3. The summed E-state index contributed by atoms with van der Waals surface area (Å²) in [7, 11) is 1.95. The molecule has 3 atom stereocenters. The van der Waals surface area contributed by atoms with Gasteiger partial charge in [0.2, 0.25) is 5.91 Å². The van der Waals surface area contributed by atoms with Crippen molar-refractivity contribution in [3.05, 3.63) is 23.4 Å². The second-order valence-corrected chi connectivity index (χ2v) is 8.15. The summed E-state index contributed by atoms with van der Waals surface area (Å²) in [6, 6.07) is 4.25. The molecule has 132 valence electrons. The van der Waals surface area contributed by atoms with Gasteiger partial charge in [-0.2, -0.15) is 5.10 Å². The van der Waals surface area contributed by atoms with E-state index in [9.17, 15) is 4.79 Å². The van der Waals surface area contributed by atoms with Crippen molar-refractivity contribution < 1.29 is 9.53 Å². The van der Waals surface area contributed by atoms with Gasteiger partial charge in [-0.3, -0.25) is 9.48 Å². The molecule has 1 saturated carbocycles. The molecule has 2 fully saturated rings. The van der Waals surface area contributed by atoms with Crippen molar-refractivity contribution in [3.8, 4) is 5.75 Å². The second kappa shape index (κ2) is 4.97. The minimum atomic E-state index is -0.520. The van der Waals surface area contributed by atoms with E-state index in [-0.39, 0.29) is 11.8 Å². The third kappa shape index (κ3) is 2.13. The van der Waals surface area contributed by atoms with Crippen LogP contribution in [-0.4, -0.2) is 35.4 Å². The lowest BCUT2D eigenvalue weighted by Crippen LogP contribution is -2.43. The molecule has 1 amide bonds. The van der Waals surface area contributed by atoms with Gasteiger partial charge in [0.1, 0.15) is 11.3 Å². The number of piperidine rings is 1. The molecule has 0 radical (unpaired) electrons. The largest absolute Gasteiger partial charge is 0.491 e. The molecule has 6 heteroatoms. The van der Waals surface area contributed by atoms with Gasteiger partial charge in [-0.25, -0.2) is 0 Å². The smallest absolute Gasteiger partial charge is 0.224 e. The highest BCUT2D eigenvalue weighted by Crippen LogP contribution is 2.49. The van der Waals surface area contributed by atoms with Crippen LogP contribution >= 0.6 is 0 Å². The highest BCUT2D eigenvalue weighted by atomic mass is 16.5. The second-order valence-electron chi connectivity index (χ2n) is 8.15. The molecule has 3 aliphatic rings. The third-order valence-electron chi connectivity index (χ3n) is 6.08. The predicted molar refractivity (Wildman–Crippen MR) is 94.4 cm³/mol. The van der Waals surface area contributed by atoms with E-state index in [0.717, 1.165) is 48.5 Å². The van der Waals surface area contributed by atoms with Gasteiger partial charge in [0.15, 0.2) is 0 Å². The Balaban J connectivity index is 1.48. The van der Waals surface area contributed by atoms with Crippen molar-refractivity contribution in [1.29, 1.82) is 0 Å². The fraction of sp³-hybridized carbons (Fsp3) is 0.579. The Hall–Kier alpha value is -2.08. The van der Waals surface area contributed by atoms with Crippen LogP contribution < -0.4 is 15.4 Å². The Morgan fingerprint density at radius 2 is 2.12 bits per heavy atom. The topological polar surface area (TPSA) is 68.2 Å². The molecule has 5 rings (SSSR count). The molecule has 0 spiro atoms. The lowest BCUT2D eigenvalue weighted by Gasteiger charge is -2.25. The lowest BCUT2D eigenvalue weighted by molar-refractivity contribution is -0.124. The fourth-order valence-corrected chi connectivity index (χ4v) is 4.72. The first kappa shape index (κ1) is 15.2. The van der Waals surface area contributed by atoms with Crippen LogP contribution in [0, 0.1) is 17.8 Å². The molecule has 1 aliphatic carbocycles. The maximum atomic E-state index is 12.7. The number of aryl methyl sites for hydroxylation is 1. The number of aromatic nitrogens is 2. The number of carbonyl (C=O) groups is 1. The normalized spacial score (nSPS) is 27.1. The first-order valence-electron chi connectivity index (χ1n) is 9.12. The van der Waals surface area contributed by atoms with Crippen molar-refractivity contribution in [2.45, 2.75) is 25.8 Å². The van der Waals surface area contributed by atoms with E-state index in [1.165, 1.54) is 5.56 Å². The molecule has 1 aromatic carbocycles. The highest BCUT2D eigenvalue weighted by Gasteiger charge is 2.57. The van der Waals surface area contributed by atoms with E-state index in [2.05, 4.69) is 22.8 Å². The Morgan fingerprint density at radius 1 is 1.36 bits per heavy atom. The zero-order valence-electron chi connectivity index (χ0n) is 14.9. The summed E-state index contributed by atoms with van der Waals surface area (Å²) in [5.41, 5.74) is 2.65. The van der Waals surface area contributed by atoms with Crippen LogP contribution in [0.25, 0.3) is 10.9 Å². The van der Waals surface area contributed by atoms with Crippen molar-refractivity contribution in [2.24, 2.45) is 24.8 Å². The zero-order chi connectivity index (χ0) is 17.3. The van der Waals surface area contributed by atoms with Crippen LogP contribution in [0.3, 0.4) is 0 Å². The number of hydrogen-bond acceptors (Lipinski definition) is 4. The lowest BCUT2D eigenvalue weighted by atomic mass is 9.95. The van der Waals surface area contributed by atoms with Crippen LogP contribution in [0.4, 0.5) is 0 Å². The van der Waals surface area contributed by atoms with Gasteiger partial charge < -0.3 is 15.4 Å². The summed E-state index contributed by atoms with van der Waals surface area (Å²) in [5, 5.41) is 12.4. The van der Waals surface area contributed by atoms with E-state index < -0.39 is 5.54 Å². The standard InChI is InChI=1S/C19H24N4O2/c1-19(2,21-18(24)14-12-8-20-9-13(12)14)17-11-5-4-10-6-7-25-16(10)15(11)23(3)22-17/h4-5,12-14,20H,6-9H2,1-3H3,(H,21,24)/t12-,13+,14?. The van der Waals surface area contributed by atoms with E-state index in [4.69, 9.17) is 9.84 Å². The number of amides is 1. The zero-order valence-corrected chi connectivity index (χ0v) is 14.9. The number of hydrogen-bond donors (Lipinski definition) is 2. The number of nitrogens with zero attached hydrogens (tertiary/aromatic N) is 2. The average Bonchev–Trinajstić information content (AvgIpc) is 2.98. The summed E-state index contributed by atoms with van der Waals surface area (Å²) in [6.07, 6.45) is 0.949. The summed E-state index contributed by atoms with van der Waals surface area (Å²) in [4.78, 5) is 12.7. The average molecular weight is 340 g/mol. The van der Waals surface area contributed by atoms with Crippen LogP contribution in [0.5, 0.6) is 5.75 Å². The Labute approximate surface area is 146 Å². The van der Waals surface area contributed by atoms with E-state index in [1.807, 2.05) is 25.6 Å². The molecule has 1 unspecified atom stereocenters. The van der Waals surface area contributed by atoms with E-state index >= 15 is 0 Å². The molecule has 3 heterocycles. The van der Waals surface area contributed by atoms with Crippen LogP contribution in [0.15, 0.2) is 12.1 Å². The highest BCUT2D eigenvalue weighted by molar-refractivity contribution is 5.91. The minimum absolute atomic E-state index is 0.165. The Morgan fingerprint density at radius 3 is 2.88 bits per heavy atom. The first-order valence-corrected chi connectivity index (χ1v) is 9.12. The van der Waals surface area contributed by atoms with Gasteiger partial charge in [0, 0.05) is 24.8 Å². The number of ether oxygens (including phenoxy) is 1. The monoisotopic (exact) mass is 340 g/mol. The summed E-state index contributed by atoms with van der Waals surface area (Å²) < 4.78 is 7.73. The van der Waals surface area contributed by atoms with Gasteiger partial charge in [0.05, 0.1) is 17.8 Å². The van der Waals surface area contributed by atoms with Crippen molar-refractivity contribution in [3.63, 3.8) is 0 Å². The van der Waals surface area contributed by atoms with Gasteiger partial charge in [-0.15, -0.1) is 0 Å². The fourth-order valence-electron chi connectivity index (χ4n) is 4.72. The maximum absolute atomic E-state index is 12.7. The molecular weight excluding hydrogens is 316 g/mol. The summed E-state index contributed by atoms with van der Waals surface area (Å²) >= 11 is 0. The van der Waals surface area contributed by atoms with Gasteiger partial charge in [-0.05, 0) is 44.3 Å². The van der Waals surface area contributed by atoms with E-state index in [0.29, 0.717) is 11.8 Å². The Bertz CT molecular complexity index is 875. The van der Waals surface area contributed by atoms with Crippen LogP contribution in [0.1, 0.15) is 25.1 Å². The molecule has 2 aliphatic heterocycles. The first-order chi connectivity index (χ1) is 12.0. The minimum Gasteiger partial charge on any atom is -0.491 e. The van der Waals surface area contributed by atoms with E-state index in [1.54, 1.807) is 0 Å². The third-order valence-corrected chi connectivity index (χ3v) is 6.08. The number of benzene rings is 1. The number of fused-ring (bicyclic) bond motifs is 4. The van der Waals surface area contributed by atoms with Crippen molar-refractivity contribution in [2.75, 3.05) is 19.7 Å². The summed E-state index contributed by atoms with van der Waals surface area (Å²) in [5.74, 6) is 2.32. The predicted octanol–water partition coefficient (Wildman–Crippen LogP) is 1.32. The summed E-state index contributed by atoms with van der Waals surface area (Å²) in [6.45, 7) is 6.75. The molecule has 2 aromatic rings. The molecule has 2 N–H and O–H groups in total. The number of carbonyl (C=O) groups excluding carboxylic acids is 1. The van der Waals surface area contributed by atoms with Crippen molar-refractivity contribution >= 4 is 16.8 Å². The molecule has 6 nitrogen and oxygen atoms in total. The quantitative estimate of drug-likeness (QED) is 0.884. The molecule has 1 saturated heterocycles. The molecule has 0 bridgehead atoms. The molecule has 25 heavy (non-hydrogen) atoms. The number of rotatable bonds is 3. The molecular formula is C19H24N4O2. The molecule has 1 aromatic heterocycles. The van der Waals surface area contributed by atoms with Gasteiger partial charge in [0.25, 0.3) is 0 Å².